The van der Waals surface area contributed by atoms with E-state index < -0.39 is 34.7 Å². The number of aromatic amines is 1. The minimum atomic E-state index is -1.58. The average molecular weight is 346 g/mol. The molecule has 0 radical (unpaired) electrons. The van der Waals surface area contributed by atoms with Crippen molar-refractivity contribution in [2.24, 2.45) is 0 Å². The second kappa shape index (κ2) is 6.56. The lowest BCUT2D eigenvalue weighted by Gasteiger charge is -2.03. The van der Waals surface area contributed by atoms with Gasteiger partial charge in [-0.3, -0.25) is 9.59 Å². The molecule has 25 heavy (non-hydrogen) atoms. The lowest BCUT2D eigenvalue weighted by Crippen LogP contribution is -2.12. The van der Waals surface area contributed by atoms with Gasteiger partial charge in [0.15, 0.2) is 11.6 Å². The molecule has 3 aromatic rings. The Morgan fingerprint density at radius 1 is 1.04 bits per heavy atom. The van der Waals surface area contributed by atoms with E-state index in [0.717, 1.165) is 12.3 Å². The third kappa shape index (κ3) is 3.25. The molecular formula is C16H9F3N4O2. The van der Waals surface area contributed by atoms with Crippen LogP contribution in [0.2, 0.25) is 0 Å². The van der Waals surface area contributed by atoms with Gasteiger partial charge in [0.1, 0.15) is 17.8 Å². The molecule has 0 aliphatic carbocycles. The number of anilines is 1. The zero-order chi connectivity index (χ0) is 18.0. The predicted octanol–water partition coefficient (Wildman–Crippen LogP) is 2.71. The summed E-state index contributed by atoms with van der Waals surface area (Å²) in [5.74, 6) is -5.83. The van der Waals surface area contributed by atoms with E-state index in [1.165, 1.54) is 18.7 Å². The van der Waals surface area contributed by atoms with Crippen LogP contribution in [0.1, 0.15) is 26.4 Å². The standard InChI is InChI=1S/C16H9F3N4O2/c17-10-1-2-11(18)14(19)13(10)15(24)8-3-12(22-4-8)16(25)23-9-5-20-7-21-6-9/h1-7,22H,(H,23,25). The monoisotopic (exact) mass is 346 g/mol. The number of carbonyl (C=O) groups is 2. The van der Waals surface area contributed by atoms with Crippen molar-refractivity contribution in [1.82, 2.24) is 15.0 Å². The summed E-state index contributed by atoms with van der Waals surface area (Å²) in [5.41, 5.74) is -0.943. The highest BCUT2D eigenvalue weighted by Gasteiger charge is 2.23. The van der Waals surface area contributed by atoms with Gasteiger partial charge in [0.2, 0.25) is 5.78 Å². The molecule has 1 amide bonds. The Morgan fingerprint density at radius 2 is 1.72 bits per heavy atom. The van der Waals surface area contributed by atoms with Crippen LogP contribution in [0.25, 0.3) is 0 Å². The first kappa shape index (κ1) is 16.4. The number of H-pyrrole nitrogens is 1. The zero-order valence-corrected chi connectivity index (χ0v) is 12.4. The van der Waals surface area contributed by atoms with Gasteiger partial charge < -0.3 is 10.3 Å². The van der Waals surface area contributed by atoms with Crippen molar-refractivity contribution in [3.63, 3.8) is 0 Å². The minimum absolute atomic E-state index is 0.0376. The second-order valence-corrected chi connectivity index (χ2v) is 4.93. The van der Waals surface area contributed by atoms with Gasteiger partial charge in [-0.15, -0.1) is 0 Å². The van der Waals surface area contributed by atoms with Crippen LogP contribution < -0.4 is 5.32 Å². The van der Waals surface area contributed by atoms with Crippen molar-refractivity contribution < 1.29 is 22.8 Å². The van der Waals surface area contributed by atoms with Crippen molar-refractivity contribution in [2.75, 3.05) is 5.32 Å². The van der Waals surface area contributed by atoms with Crippen LogP contribution >= 0.6 is 0 Å². The smallest absolute Gasteiger partial charge is 0.272 e. The van der Waals surface area contributed by atoms with E-state index in [2.05, 4.69) is 20.3 Å². The number of ketones is 1. The lowest BCUT2D eigenvalue weighted by atomic mass is 10.0. The summed E-state index contributed by atoms with van der Waals surface area (Å²) in [4.78, 5) is 34.2. The molecular weight excluding hydrogens is 337 g/mol. The summed E-state index contributed by atoms with van der Waals surface area (Å²) in [5, 5.41) is 2.47. The maximum atomic E-state index is 13.7. The number of halogens is 3. The Balaban J connectivity index is 1.85. The van der Waals surface area contributed by atoms with Gasteiger partial charge >= 0.3 is 0 Å². The quantitative estimate of drug-likeness (QED) is 0.562. The van der Waals surface area contributed by atoms with Gasteiger partial charge in [0.05, 0.1) is 23.6 Å². The summed E-state index contributed by atoms with van der Waals surface area (Å²) in [6.07, 6.45) is 5.10. The molecule has 0 bridgehead atoms. The van der Waals surface area contributed by atoms with E-state index in [0.29, 0.717) is 17.8 Å². The van der Waals surface area contributed by atoms with Crippen molar-refractivity contribution in [1.29, 1.82) is 0 Å². The number of aromatic nitrogens is 3. The number of carbonyl (C=O) groups excluding carboxylic acids is 2. The number of rotatable bonds is 4. The van der Waals surface area contributed by atoms with Gasteiger partial charge in [-0.1, -0.05) is 0 Å². The lowest BCUT2D eigenvalue weighted by molar-refractivity contribution is 0.102. The number of hydrogen-bond donors (Lipinski definition) is 2. The molecule has 2 N–H and O–H groups in total. The first-order valence-electron chi connectivity index (χ1n) is 6.90. The Bertz CT molecular complexity index is 957. The third-order valence-electron chi connectivity index (χ3n) is 3.28. The highest BCUT2D eigenvalue weighted by molar-refractivity contribution is 6.11. The average Bonchev–Trinajstić information content (AvgIpc) is 3.09. The molecule has 126 valence electrons. The summed E-state index contributed by atoms with van der Waals surface area (Å²) >= 11 is 0. The van der Waals surface area contributed by atoms with Crippen LogP contribution in [-0.4, -0.2) is 26.6 Å². The summed E-state index contributed by atoms with van der Waals surface area (Å²) in [6, 6.07) is 2.34. The molecule has 0 aliphatic rings. The third-order valence-corrected chi connectivity index (χ3v) is 3.28. The van der Waals surface area contributed by atoms with E-state index in [-0.39, 0.29) is 11.3 Å². The molecule has 1 aromatic carbocycles. The maximum Gasteiger partial charge on any atom is 0.272 e. The first-order chi connectivity index (χ1) is 12.0. The highest BCUT2D eigenvalue weighted by atomic mass is 19.2. The molecule has 0 fully saturated rings. The molecule has 0 atom stereocenters. The molecule has 6 nitrogen and oxygen atoms in total. The van der Waals surface area contributed by atoms with E-state index in [1.807, 2.05) is 0 Å². The largest absolute Gasteiger partial charge is 0.356 e. The normalized spacial score (nSPS) is 10.5. The van der Waals surface area contributed by atoms with Crippen LogP contribution in [0.4, 0.5) is 18.9 Å². The molecule has 2 heterocycles. The summed E-state index contributed by atoms with van der Waals surface area (Å²) in [6.45, 7) is 0. The molecule has 2 aromatic heterocycles. The van der Waals surface area contributed by atoms with Crippen molar-refractivity contribution in [3.8, 4) is 0 Å². The molecule has 0 saturated heterocycles. The molecule has 3 rings (SSSR count). The fourth-order valence-electron chi connectivity index (χ4n) is 2.10. The van der Waals surface area contributed by atoms with E-state index in [9.17, 15) is 22.8 Å². The van der Waals surface area contributed by atoms with Crippen LogP contribution in [0.5, 0.6) is 0 Å². The topological polar surface area (TPSA) is 87.7 Å². The van der Waals surface area contributed by atoms with Gasteiger partial charge in [0.25, 0.3) is 5.91 Å². The van der Waals surface area contributed by atoms with E-state index in [4.69, 9.17) is 0 Å². The number of hydrogen-bond acceptors (Lipinski definition) is 4. The highest BCUT2D eigenvalue weighted by Crippen LogP contribution is 2.20. The van der Waals surface area contributed by atoms with Gasteiger partial charge in [-0.25, -0.2) is 23.1 Å². The second-order valence-electron chi connectivity index (χ2n) is 4.93. The van der Waals surface area contributed by atoms with Crippen molar-refractivity contribution in [2.45, 2.75) is 0 Å². The number of nitrogens with zero attached hydrogens (tertiary/aromatic N) is 2. The van der Waals surface area contributed by atoms with Gasteiger partial charge in [-0.05, 0) is 18.2 Å². The summed E-state index contributed by atoms with van der Waals surface area (Å²) < 4.78 is 40.6. The van der Waals surface area contributed by atoms with Crippen molar-refractivity contribution in [3.05, 3.63) is 77.4 Å². The fraction of sp³-hybridized carbons (Fsp3) is 0. The Kier molecular flexibility index (Phi) is 4.29. The molecule has 0 unspecified atom stereocenters. The van der Waals surface area contributed by atoms with Crippen LogP contribution in [0.3, 0.4) is 0 Å². The van der Waals surface area contributed by atoms with Crippen molar-refractivity contribution >= 4 is 17.4 Å². The zero-order valence-electron chi connectivity index (χ0n) is 12.4. The van der Waals surface area contributed by atoms with E-state index >= 15 is 0 Å². The van der Waals surface area contributed by atoms with Crippen LogP contribution in [-0.2, 0) is 0 Å². The fourth-order valence-corrected chi connectivity index (χ4v) is 2.10. The van der Waals surface area contributed by atoms with Gasteiger partial charge in [0, 0.05) is 11.8 Å². The number of nitrogens with one attached hydrogen (secondary N) is 2. The maximum absolute atomic E-state index is 13.7. The minimum Gasteiger partial charge on any atom is -0.356 e. The Morgan fingerprint density at radius 3 is 2.44 bits per heavy atom. The predicted molar refractivity (Wildman–Crippen MR) is 80.5 cm³/mol. The molecule has 0 saturated carbocycles. The molecule has 0 aliphatic heterocycles. The molecule has 9 heteroatoms. The first-order valence-corrected chi connectivity index (χ1v) is 6.90. The van der Waals surface area contributed by atoms with Crippen LogP contribution in [0.15, 0.2) is 43.1 Å². The Hall–Kier alpha value is -3.49. The number of benzene rings is 1. The number of amides is 1. The SMILES string of the molecule is O=C(Nc1cncnc1)c1cc(C(=O)c2c(F)ccc(F)c2F)c[nH]1. The van der Waals surface area contributed by atoms with Crippen LogP contribution in [0, 0.1) is 17.5 Å². The Labute approximate surface area is 138 Å². The summed E-state index contributed by atoms with van der Waals surface area (Å²) in [7, 11) is 0. The van der Waals surface area contributed by atoms with Gasteiger partial charge in [-0.2, -0.15) is 0 Å². The molecule has 0 spiro atoms. The van der Waals surface area contributed by atoms with E-state index in [1.54, 1.807) is 0 Å².